The number of ether oxygens (including phenoxy) is 4. The molecule has 4 aliphatic heterocycles. The van der Waals surface area contributed by atoms with Crippen LogP contribution in [0.25, 0.3) is 0 Å². The van der Waals surface area contributed by atoms with Crippen LogP contribution in [-0.4, -0.2) is 66.8 Å². The molecule has 4 heterocycles. The van der Waals surface area contributed by atoms with Gasteiger partial charge in [-0.1, -0.05) is 37.3 Å². The molecule has 196 valence electrons. The Morgan fingerprint density at radius 2 is 1.86 bits per heavy atom. The molecule has 2 bridgehead atoms. The molecule has 3 saturated heterocycles. The van der Waals surface area contributed by atoms with E-state index < -0.39 is 59.0 Å². The van der Waals surface area contributed by atoms with Crippen molar-refractivity contribution in [2.24, 2.45) is 17.8 Å². The first-order chi connectivity index (χ1) is 16.8. The zero-order valence-corrected chi connectivity index (χ0v) is 24.3. The summed E-state index contributed by atoms with van der Waals surface area (Å²) in [6, 6.07) is 0. The Morgan fingerprint density at radius 3 is 2.46 bits per heavy atom. The maximum Gasteiger partial charge on any atom is 1.00 e. The molecule has 1 amide bonds. The van der Waals surface area contributed by atoms with Gasteiger partial charge in [0.25, 0.3) is 5.91 Å². The number of carbonyl (C=O) groups is 4. The number of carbonyl (C=O) groups excluding carboxylic acids is 4. The van der Waals surface area contributed by atoms with Crippen molar-refractivity contribution in [3.05, 3.63) is 35.1 Å². The standard InChI is InChI=1S/C26H33NO9.Na/c1-12(7-8-16(28)19-18(30)11-27-23(19)31)9-13(2)21-14(3)22-17(29)10-25(5)26(35-21,36-22)20(15(4)34-25)24(32)33-6;/h7-9,13-15,20-22,30H,10-11H2,1-6H3,(H,27,31);/q;+1/p-1/b8-7+,12-9+;. The summed E-state index contributed by atoms with van der Waals surface area (Å²) in [5, 5.41) is 14.1. The summed E-state index contributed by atoms with van der Waals surface area (Å²) in [6.07, 6.45) is 2.79. The monoisotopic (exact) mass is 525 g/mol. The molecule has 0 saturated carbocycles. The molecule has 0 aromatic carbocycles. The molecule has 1 spiro atoms. The van der Waals surface area contributed by atoms with Gasteiger partial charge in [-0.05, 0) is 26.8 Å². The molecule has 8 unspecified atom stereocenters. The van der Waals surface area contributed by atoms with Crippen molar-refractivity contribution < 1.29 is 72.8 Å². The van der Waals surface area contributed by atoms with Gasteiger partial charge in [0, 0.05) is 24.8 Å². The number of allylic oxidation sites excluding steroid dienone is 3. The van der Waals surface area contributed by atoms with Crippen molar-refractivity contribution in [1.82, 2.24) is 5.32 Å². The van der Waals surface area contributed by atoms with Crippen LogP contribution in [0.1, 0.15) is 41.0 Å². The van der Waals surface area contributed by atoms with Gasteiger partial charge in [-0.25, -0.2) is 0 Å². The van der Waals surface area contributed by atoms with Crippen LogP contribution in [0.5, 0.6) is 0 Å². The zero-order chi connectivity index (χ0) is 26.6. The van der Waals surface area contributed by atoms with E-state index in [0.717, 1.165) is 0 Å². The first-order valence-electron chi connectivity index (χ1n) is 12.1. The summed E-state index contributed by atoms with van der Waals surface area (Å²) in [4.78, 5) is 49.9. The normalized spacial score (nSPS) is 38.2. The minimum absolute atomic E-state index is 0. The van der Waals surface area contributed by atoms with E-state index in [2.05, 4.69) is 5.32 Å². The van der Waals surface area contributed by atoms with Crippen LogP contribution in [0.3, 0.4) is 0 Å². The maximum atomic E-state index is 13.1. The quantitative estimate of drug-likeness (QED) is 0.131. The van der Waals surface area contributed by atoms with E-state index in [-0.39, 0.29) is 65.7 Å². The molecule has 8 atom stereocenters. The molecular weight excluding hydrogens is 493 g/mol. The van der Waals surface area contributed by atoms with E-state index in [4.69, 9.17) is 18.9 Å². The molecule has 0 radical (unpaired) electrons. The van der Waals surface area contributed by atoms with Crippen molar-refractivity contribution in [2.75, 3.05) is 13.7 Å². The van der Waals surface area contributed by atoms with Crippen molar-refractivity contribution in [3.63, 3.8) is 0 Å². The van der Waals surface area contributed by atoms with E-state index in [1.54, 1.807) is 20.8 Å². The van der Waals surface area contributed by atoms with Gasteiger partial charge in [-0.2, -0.15) is 0 Å². The number of Topliss-reactive ketones (excluding diaryl/α,β-unsaturated/α-hetero) is 1. The summed E-state index contributed by atoms with van der Waals surface area (Å²) in [5.74, 6) is -5.42. The molecule has 4 rings (SSSR count). The van der Waals surface area contributed by atoms with Gasteiger partial charge < -0.3 is 29.4 Å². The Balaban J connectivity index is 0.00000380. The van der Waals surface area contributed by atoms with E-state index in [9.17, 15) is 24.3 Å². The summed E-state index contributed by atoms with van der Waals surface area (Å²) < 4.78 is 24.0. The second-order valence-electron chi connectivity index (χ2n) is 10.3. The third-order valence-electron chi connectivity index (χ3n) is 7.66. The summed E-state index contributed by atoms with van der Waals surface area (Å²) in [7, 11) is 1.29. The molecule has 4 aliphatic rings. The summed E-state index contributed by atoms with van der Waals surface area (Å²) >= 11 is 0. The van der Waals surface area contributed by atoms with Crippen molar-refractivity contribution in [1.29, 1.82) is 0 Å². The average Bonchev–Trinajstić information content (AvgIpc) is 3.25. The molecule has 11 heteroatoms. The van der Waals surface area contributed by atoms with Crippen molar-refractivity contribution >= 4 is 23.4 Å². The van der Waals surface area contributed by atoms with E-state index in [1.807, 2.05) is 19.9 Å². The maximum absolute atomic E-state index is 13.1. The fourth-order valence-corrected chi connectivity index (χ4v) is 5.99. The minimum Gasteiger partial charge on any atom is -0.874 e. The van der Waals surface area contributed by atoms with Crippen LogP contribution in [0.2, 0.25) is 0 Å². The van der Waals surface area contributed by atoms with Crippen molar-refractivity contribution in [2.45, 2.75) is 70.7 Å². The van der Waals surface area contributed by atoms with Crippen LogP contribution in [-0.2, 0) is 38.1 Å². The molecule has 0 aromatic heterocycles. The topological polar surface area (TPSA) is 140 Å². The minimum atomic E-state index is -1.48. The Labute approximate surface area is 238 Å². The van der Waals surface area contributed by atoms with Gasteiger partial charge >= 0.3 is 35.5 Å². The number of fused-ring (bicyclic) bond motifs is 1. The molecule has 0 aromatic rings. The summed E-state index contributed by atoms with van der Waals surface area (Å²) in [5.41, 5.74) is -0.836. The fraction of sp³-hybridized carbons (Fsp3) is 0.615. The predicted molar refractivity (Wildman–Crippen MR) is 123 cm³/mol. The van der Waals surface area contributed by atoms with Gasteiger partial charge in [0.2, 0.25) is 5.79 Å². The number of ketones is 2. The van der Waals surface area contributed by atoms with Crippen LogP contribution < -0.4 is 40.0 Å². The van der Waals surface area contributed by atoms with Gasteiger partial charge in [0.15, 0.2) is 11.6 Å². The number of hydrogen-bond acceptors (Lipinski definition) is 9. The Hall–Kier alpha value is -1.82. The molecule has 0 aliphatic carbocycles. The third-order valence-corrected chi connectivity index (χ3v) is 7.66. The molecule has 3 fully saturated rings. The fourth-order valence-electron chi connectivity index (χ4n) is 5.99. The number of hydrogen-bond donors (Lipinski definition) is 1. The number of rotatable bonds is 6. The van der Waals surface area contributed by atoms with E-state index >= 15 is 0 Å². The Kier molecular flexibility index (Phi) is 8.63. The van der Waals surface area contributed by atoms with E-state index in [0.29, 0.717) is 5.57 Å². The zero-order valence-electron chi connectivity index (χ0n) is 22.3. The first-order valence-corrected chi connectivity index (χ1v) is 12.1. The van der Waals surface area contributed by atoms with Crippen LogP contribution >= 0.6 is 0 Å². The first kappa shape index (κ1) is 29.7. The van der Waals surface area contributed by atoms with Gasteiger partial charge in [-0.15, -0.1) is 0 Å². The smallest absolute Gasteiger partial charge is 0.874 e. The SMILES string of the molecule is COC(=O)C1C(C)OC2(C)CC(=O)C3OC12OC(C(C)/C=C(C)/C=C/C(=O)C1=C([O-])CNC1=O)C3C.[Na+]. The number of nitrogens with one attached hydrogen (secondary N) is 1. The largest absolute Gasteiger partial charge is 1.00 e. The Morgan fingerprint density at radius 1 is 1.19 bits per heavy atom. The average molecular weight is 526 g/mol. The van der Waals surface area contributed by atoms with Gasteiger partial charge in [-0.3, -0.25) is 19.2 Å². The summed E-state index contributed by atoms with van der Waals surface area (Å²) in [6.45, 7) is 8.85. The van der Waals surface area contributed by atoms with Crippen LogP contribution in [0, 0.1) is 17.8 Å². The molecule has 10 nitrogen and oxygen atoms in total. The molecular formula is C26H32NNaO9. The number of methoxy groups -OCH3 is 1. The van der Waals surface area contributed by atoms with Crippen LogP contribution in [0.15, 0.2) is 35.1 Å². The van der Waals surface area contributed by atoms with Gasteiger partial charge in [0.1, 0.15) is 17.6 Å². The van der Waals surface area contributed by atoms with Crippen LogP contribution in [0.4, 0.5) is 0 Å². The molecule has 1 N–H and O–H groups in total. The Bertz CT molecular complexity index is 1100. The second kappa shape index (κ2) is 10.7. The van der Waals surface area contributed by atoms with E-state index in [1.165, 1.54) is 19.3 Å². The number of amides is 1. The number of esters is 1. The van der Waals surface area contributed by atoms with Gasteiger partial charge in [0.05, 0.1) is 24.9 Å². The predicted octanol–water partition coefficient (Wildman–Crippen LogP) is -2.50. The van der Waals surface area contributed by atoms with Crippen molar-refractivity contribution in [3.8, 4) is 0 Å². The molecule has 37 heavy (non-hydrogen) atoms. The second-order valence-corrected chi connectivity index (χ2v) is 10.3. The third kappa shape index (κ3) is 4.88.